The van der Waals surface area contributed by atoms with E-state index in [9.17, 15) is 0 Å². The molecule has 0 radical (unpaired) electrons. The summed E-state index contributed by atoms with van der Waals surface area (Å²) in [6, 6.07) is 0. The highest BCUT2D eigenvalue weighted by molar-refractivity contribution is 4.96. The third kappa shape index (κ3) is 18.3. The SMILES string of the molecule is CCCCCCCCCCCCCCCCCCCC1N(CC)C=CN1CCCCCCCCC. The smallest absolute Gasteiger partial charge is 0.101 e. The molecule has 208 valence electrons. The second-order valence-corrected chi connectivity index (χ2v) is 11.4. The standard InChI is InChI=1S/C33H66N2/c1-4-7-9-11-13-14-15-16-17-18-19-20-21-22-23-25-27-29-33-34(6-3)31-32-35(33)30-28-26-24-12-10-8-5-2/h31-33H,4-30H2,1-3H3. The van der Waals surface area contributed by atoms with Gasteiger partial charge in [0, 0.05) is 25.5 Å². The van der Waals surface area contributed by atoms with Gasteiger partial charge in [-0.25, -0.2) is 0 Å². The van der Waals surface area contributed by atoms with E-state index < -0.39 is 0 Å². The number of hydrogen-bond acceptors (Lipinski definition) is 2. The molecule has 0 aliphatic carbocycles. The Hall–Kier alpha value is -0.660. The minimum atomic E-state index is 0.636. The zero-order valence-electron chi connectivity index (χ0n) is 24.7. The Morgan fingerprint density at radius 1 is 0.400 bits per heavy atom. The quantitative estimate of drug-likeness (QED) is 0.106. The molecule has 0 fully saturated rings. The van der Waals surface area contributed by atoms with Gasteiger partial charge in [-0.3, -0.25) is 0 Å². The van der Waals surface area contributed by atoms with Gasteiger partial charge >= 0.3 is 0 Å². The number of nitrogens with zero attached hydrogens (tertiary/aromatic N) is 2. The Labute approximate surface area is 222 Å². The van der Waals surface area contributed by atoms with E-state index in [1.54, 1.807) is 0 Å². The molecule has 35 heavy (non-hydrogen) atoms. The van der Waals surface area contributed by atoms with E-state index in [1.807, 2.05) is 0 Å². The average Bonchev–Trinajstić information content (AvgIpc) is 3.27. The molecule has 2 heteroatoms. The lowest BCUT2D eigenvalue weighted by atomic mass is 10.0. The highest BCUT2D eigenvalue weighted by Gasteiger charge is 2.23. The van der Waals surface area contributed by atoms with Crippen LogP contribution in [0, 0.1) is 0 Å². The summed E-state index contributed by atoms with van der Waals surface area (Å²) >= 11 is 0. The van der Waals surface area contributed by atoms with Gasteiger partial charge in [0.25, 0.3) is 0 Å². The van der Waals surface area contributed by atoms with Crippen molar-refractivity contribution in [3.63, 3.8) is 0 Å². The average molecular weight is 491 g/mol. The zero-order chi connectivity index (χ0) is 25.2. The molecule has 0 aromatic carbocycles. The largest absolute Gasteiger partial charge is 0.356 e. The first-order valence-electron chi connectivity index (χ1n) is 16.5. The van der Waals surface area contributed by atoms with Crippen molar-refractivity contribution in [3.8, 4) is 0 Å². The summed E-state index contributed by atoms with van der Waals surface area (Å²) in [6.07, 6.45) is 41.3. The minimum absolute atomic E-state index is 0.636. The van der Waals surface area contributed by atoms with Crippen molar-refractivity contribution in [2.75, 3.05) is 13.1 Å². The van der Waals surface area contributed by atoms with E-state index in [2.05, 4.69) is 43.0 Å². The van der Waals surface area contributed by atoms with E-state index in [1.165, 1.54) is 167 Å². The molecule has 0 aromatic heterocycles. The number of unbranched alkanes of at least 4 members (excludes halogenated alkanes) is 22. The monoisotopic (exact) mass is 491 g/mol. The highest BCUT2D eigenvalue weighted by atomic mass is 15.4. The number of hydrogen-bond donors (Lipinski definition) is 0. The van der Waals surface area contributed by atoms with Crippen LogP contribution in [-0.4, -0.2) is 29.1 Å². The first-order valence-corrected chi connectivity index (χ1v) is 16.5. The topological polar surface area (TPSA) is 6.48 Å². The van der Waals surface area contributed by atoms with Crippen molar-refractivity contribution < 1.29 is 0 Å². The van der Waals surface area contributed by atoms with Crippen LogP contribution in [0.3, 0.4) is 0 Å². The first-order chi connectivity index (χ1) is 17.3. The van der Waals surface area contributed by atoms with Crippen LogP contribution in [0.5, 0.6) is 0 Å². The van der Waals surface area contributed by atoms with Crippen LogP contribution in [-0.2, 0) is 0 Å². The molecule has 1 atom stereocenters. The third-order valence-corrected chi connectivity index (χ3v) is 8.17. The number of rotatable bonds is 27. The second kappa shape index (κ2) is 25.0. The molecule has 0 amide bonds. The van der Waals surface area contributed by atoms with E-state index in [4.69, 9.17) is 0 Å². The second-order valence-electron chi connectivity index (χ2n) is 11.4. The Morgan fingerprint density at radius 2 is 0.743 bits per heavy atom. The van der Waals surface area contributed by atoms with Gasteiger partial charge in [-0.05, 0) is 26.2 Å². The van der Waals surface area contributed by atoms with E-state index >= 15 is 0 Å². The molecule has 2 nitrogen and oxygen atoms in total. The molecule has 0 spiro atoms. The van der Waals surface area contributed by atoms with Crippen LogP contribution < -0.4 is 0 Å². The Morgan fingerprint density at radius 3 is 1.14 bits per heavy atom. The lowest BCUT2D eigenvalue weighted by molar-refractivity contribution is 0.142. The van der Waals surface area contributed by atoms with Gasteiger partial charge < -0.3 is 9.80 Å². The lowest BCUT2D eigenvalue weighted by Crippen LogP contribution is -2.38. The fourth-order valence-electron chi connectivity index (χ4n) is 5.74. The molecule has 0 bridgehead atoms. The van der Waals surface area contributed by atoms with Gasteiger partial charge in [-0.1, -0.05) is 155 Å². The van der Waals surface area contributed by atoms with Crippen molar-refractivity contribution in [2.24, 2.45) is 0 Å². The molecule has 1 rings (SSSR count). The van der Waals surface area contributed by atoms with Gasteiger partial charge in [-0.15, -0.1) is 0 Å². The molecule has 1 aliphatic rings. The van der Waals surface area contributed by atoms with Crippen LogP contribution in [0.15, 0.2) is 12.4 Å². The summed E-state index contributed by atoms with van der Waals surface area (Å²) in [5.74, 6) is 0. The Kier molecular flexibility index (Phi) is 23.1. The predicted octanol–water partition coefficient (Wildman–Crippen LogP) is 11.2. The summed E-state index contributed by atoms with van der Waals surface area (Å²) in [6.45, 7) is 9.32. The maximum Gasteiger partial charge on any atom is 0.101 e. The van der Waals surface area contributed by atoms with Crippen molar-refractivity contribution in [3.05, 3.63) is 12.4 Å². The predicted molar refractivity (Wildman–Crippen MR) is 159 cm³/mol. The Bertz CT molecular complexity index is 446. The van der Waals surface area contributed by atoms with Crippen molar-refractivity contribution >= 4 is 0 Å². The minimum Gasteiger partial charge on any atom is -0.356 e. The normalized spacial score (nSPS) is 15.6. The third-order valence-electron chi connectivity index (χ3n) is 8.17. The fourth-order valence-corrected chi connectivity index (χ4v) is 5.74. The van der Waals surface area contributed by atoms with Crippen LogP contribution in [0.4, 0.5) is 0 Å². The van der Waals surface area contributed by atoms with Gasteiger partial charge in [0.05, 0.1) is 0 Å². The lowest BCUT2D eigenvalue weighted by Gasteiger charge is -2.32. The van der Waals surface area contributed by atoms with Gasteiger partial charge in [-0.2, -0.15) is 0 Å². The van der Waals surface area contributed by atoms with Gasteiger partial charge in [0.15, 0.2) is 0 Å². The van der Waals surface area contributed by atoms with Crippen LogP contribution >= 0.6 is 0 Å². The molecular formula is C33H66N2. The molecule has 0 N–H and O–H groups in total. The molecule has 1 unspecified atom stereocenters. The van der Waals surface area contributed by atoms with Crippen molar-refractivity contribution in [2.45, 2.75) is 187 Å². The molecule has 1 heterocycles. The first kappa shape index (κ1) is 32.4. The molecule has 0 aromatic rings. The van der Waals surface area contributed by atoms with Gasteiger partial charge in [0.2, 0.25) is 0 Å². The summed E-state index contributed by atoms with van der Waals surface area (Å²) in [7, 11) is 0. The summed E-state index contributed by atoms with van der Waals surface area (Å²) in [5, 5.41) is 0. The molecule has 1 aliphatic heterocycles. The van der Waals surface area contributed by atoms with Gasteiger partial charge in [0.1, 0.15) is 6.17 Å². The highest BCUT2D eigenvalue weighted by Crippen LogP contribution is 2.23. The zero-order valence-corrected chi connectivity index (χ0v) is 24.7. The van der Waals surface area contributed by atoms with Crippen LogP contribution in [0.25, 0.3) is 0 Å². The van der Waals surface area contributed by atoms with E-state index in [-0.39, 0.29) is 0 Å². The van der Waals surface area contributed by atoms with E-state index in [0.717, 1.165) is 6.54 Å². The van der Waals surface area contributed by atoms with Crippen molar-refractivity contribution in [1.82, 2.24) is 9.80 Å². The maximum absolute atomic E-state index is 2.64. The van der Waals surface area contributed by atoms with E-state index in [0.29, 0.717) is 6.17 Å². The van der Waals surface area contributed by atoms with Crippen LogP contribution in [0.2, 0.25) is 0 Å². The summed E-state index contributed by atoms with van der Waals surface area (Å²) in [5.41, 5.74) is 0. The molecule has 0 saturated carbocycles. The van der Waals surface area contributed by atoms with Crippen molar-refractivity contribution in [1.29, 1.82) is 0 Å². The maximum atomic E-state index is 2.64. The molecular weight excluding hydrogens is 424 g/mol. The fraction of sp³-hybridized carbons (Fsp3) is 0.939. The molecule has 0 saturated heterocycles. The summed E-state index contributed by atoms with van der Waals surface area (Å²) < 4.78 is 0. The summed E-state index contributed by atoms with van der Waals surface area (Å²) in [4.78, 5) is 5.20. The Balaban J connectivity index is 1.92. The van der Waals surface area contributed by atoms with Crippen LogP contribution in [0.1, 0.15) is 181 Å².